The van der Waals surface area contributed by atoms with Gasteiger partial charge in [0.15, 0.2) is 11.6 Å². The van der Waals surface area contributed by atoms with E-state index in [4.69, 9.17) is 0 Å². The number of carbonyl (C=O) groups is 2. The van der Waals surface area contributed by atoms with Crippen LogP contribution in [-0.4, -0.2) is 32.1 Å². The minimum Gasteiger partial charge on any atom is -0.295 e. The Labute approximate surface area is 171 Å². The first kappa shape index (κ1) is 22.3. The molecule has 0 saturated carbocycles. The molecule has 0 spiro atoms. The number of para-hydroxylation sites is 1. The molecular formula is C21H25N3O4S. The number of amidine groups is 1. The first-order valence-corrected chi connectivity index (χ1v) is 10.8. The number of hydrogen-bond acceptors (Lipinski definition) is 5. The maximum absolute atomic E-state index is 13.0. The second kappa shape index (κ2) is 8.57. The zero-order valence-electron chi connectivity index (χ0n) is 17.1. The number of Topliss-reactive ketones (excluding diaryl/α,β-unsaturated/α-hetero) is 2. The minimum atomic E-state index is -3.76. The SMILES string of the molecule is CC(=O)c1ccc(N=C(NN(c2ccccc2)S(C)(=O)=O)C(=O)C(C)(C)C)cc1. The van der Waals surface area contributed by atoms with E-state index in [1.54, 1.807) is 75.4 Å². The molecule has 7 nitrogen and oxygen atoms in total. The van der Waals surface area contributed by atoms with Gasteiger partial charge in [0.2, 0.25) is 15.8 Å². The van der Waals surface area contributed by atoms with Crippen LogP contribution in [0.5, 0.6) is 0 Å². The fourth-order valence-corrected chi connectivity index (χ4v) is 3.14. The molecule has 2 aromatic carbocycles. The molecule has 0 aliphatic heterocycles. The Morgan fingerprint density at radius 2 is 1.52 bits per heavy atom. The van der Waals surface area contributed by atoms with Crippen molar-refractivity contribution in [3.63, 3.8) is 0 Å². The number of nitrogens with one attached hydrogen (secondary N) is 1. The minimum absolute atomic E-state index is 0.0861. The van der Waals surface area contributed by atoms with Gasteiger partial charge < -0.3 is 0 Å². The van der Waals surface area contributed by atoms with Crippen molar-refractivity contribution in [3.05, 3.63) is 60.2 Å². The third-order valence-electron chi connectivity index (χ3n) is 3.94. The van der Waals surface area contributed by atoms with Crippen molar-refractivity contribution in [1.29, 1.82) is 0 Å². The monoisotopic (exact) mass is 415 g/mol. The van der Waals surface area contributed by atoms with E-state index >= 15 is 0 Å². The van der Waals surface area contributed by atoms with Crippen molar-refractivity contribution in [2.45, 2.75) is 27.7 Å². The summed E-state index contributed by atoms with van der Waals surface area (Å²) in [5, 5.41) is 0. The van der Waals surface area contributed by atoms with E-state index in [9.17, 15) is 18.0 Å². The number of sulfonamides is 1. The van der Waals surface area contributed by atoms with Gasteiger partial charge in [-0.1, -0.05) is 39.0 Å². The lowest BCUT2D eigenvalue weighted by molar-refractivity contribution is -0.119. The normalized spacial score (nSPS) is 12.4. The number of hydrogen-bond donors (Lipinski definition) is 1. The van der Waals surface area contributed by atoms with Crippen LogP contribution in [0.3, 0.4) is 0 Å². The summed E-state index contributed by atoms with van der Waals surface area (Å²) >= 11 is 0. The van der Waals surface area contributed by atoms with Crippen LogP contribution in [0.2, 0.25) is 0 Å². The van der Waals surface area contributed by atoms with Gasteiger partial charge in [0.1, 0.15) is 0 Å². The first-order chi connectivity index (χ1) is 13.4. The summed E-state index contributed by atoms with van der Waals surface area (Å²) in [4.78, 5) is 28.8. The van der Waals surface area contributed by atoms with Crippen LogP contribution in [0, 0.1) is 5.41 Å². The number of ketones is 2. The molecule has 0 amide bonds. The van der Waals surface area contributed by atoms with Crippen LogP contribution in [0.25, 0.3) is 0 Å². The molecule has 8 heteroatoms. The number of nitrogens with zero attached hydrogens (tertiary/aromatic N) is 2. The fourth-order valence-electron chi connectivity index (χ4n) is 2.38. The zero-order valence-corrected chi connectivity index (χ0v) is 17.9. The average molecular weight is 416 g/mol. The van der Waals surface area contributed by atoms with E-state index in [0.717, 1.165) is 10.7 Å². The van der Waals surface area contributed by atoms with E-state index < -0.39 is 15.4 Å². The molecule has 0 unspecified atom stereocenters. The average Bonchev–Trinajstić information content (AvgIpc) is 2.63. The molecule has 2 rings (SSSR count). The third-order valence-corrected chi connectivity index (χ3v) is 4.91. The van der Waals surface area contributed by atoms with Gasteiger partial charge in [-0.05, 0) is 43.3 Å². The lowest BCUT2D eigenvalue weighted by atomic mass is 9.90. The van der Waals surface area contributed by atoms with Crippen molar-refractivity contribution in [1.82, 2.24) is 5.43 Å². The van der Waals surface area contributed by atoms with Crippen LogP contribution in [0.4, 0.5) is 11.4 Å². The molecule has 0 saturated heterocycles. The van der Waals surface area contributed by atoms with Crippen LogP contribution in [0.1, 0.15) is 38.1 Å². The topological polar surface area (TPSA) is 95.9 Å². The largest absolute Gasteiger partial charge is 0.295 e. The second-order valence-corrected chi connectivity index (χ2v) is 9.45. The molecule has 0 radical (unpaired) electrons. The highest BCUT2D eigenvalue weighted by atomic mass is 32.2. The summed E-state index contributed by atoms with van der Waals surface area (Å²) in [5.74, 6) is -0.572. The number of aliphatic imine (C=N–C) groups is 1. The maximum atomic E-state index is 13.0. The van der Waals surface area contributed by atoms with Crippen molar-refractivity contribution in [3.8, 4) is 0 Å². The summed E-state index contributed by atoms with van der Waals surface area (Å²) in [6, 6.07) is 14.8. The van der Waals surface area contributed by atoms with Crippen molar-refractivity contribution in [2.75, 3.05) is 10.7 Å². The Kier molecular flexibility index (Phi) is 6.58. The van der Waals surface area contributed by atoms with E-state index in [1.807, 2.05) is 0 Å². The zero-order chi connectivity index (χ0) is 21.8. The Morgan fingerprint density at radius 1 is 0.966 bits per heavy atom. The highest BCUT2D eigenvalue weighted by molar-refractivity contribution is 7.92. The molecular weight excluding hydrogens is 390 g/mol. The standard InChI is InChI=1S/C21H25N3O4S/c1-15(25)16-11-13-17(14-12-16)22-20(19(26)21(2,3)4)23-24(29(5,27)28)18-9-7-6-8-10-18/h6-14H,1-5H3,(H,22,23). The molecule has 0 atom stereocenters. The van der Waals surface area contributed by atoms with E-state index in [-0.39, 0.29) is 17.4 Å². The molecule has 2 aromatic rings. The smallest absolute Gasteiger partial charge is 0.249 e. The summed E-state index contributed by atoms with van der Waals surface area (Å²) in [6.45, 7) is 6.62. The highest BCUT2D eigenvalue weighted by Gasteiger charge is 2.30. The summed E-state index contributed by atoms with van der Waals surface area (Å²) in [7, 11) is -3.76. The predicted octanol–water partition coefficient (Wildman–Crippen LogP) is 3.51. The number of hydrazine groups is 1. The quantitative estimate of drug-likeness (QED) is 0.337. The fraction of sp³-hybridized carbons (Fsp3) is 0.286. The molecule has 0 aliphatic rings. The van der Waals surface area contributed by atoms with Gasteiger partial charge in [0, 0.05) is 11.0 Å². The molecule has 0 bridgehead atoms. The van der Waals surface area contributed by atoms with Crippen molar-refractivity contribution < 1.29 is 18.0 Å². The lowest BCUT2D eigenvalue weighted by Gasteiger charge is -2.26. The first-order valence-electron chi connectivity index (χ1n) is 8.96. The summed E-state index contributed by atoms with van der Waals surface area (Å²) in [5.41, 5.74) is 3.15. The van der Waals surface area contributed by atoms with Gasteiger partial charge >= 0.3 is 0 Å². The van der Waals surface area contributed by atoms with Gasteiger partial charge in [0.05, 0.1) is 17.6 Å². The van der Waals surface area contributed by atoms with E-state index in [2.05, 4.69) is 10.4 Å². The molecule has 0 aromatic heterocycles. The van der Waals surface area contributed by atoms with Crippen LogP contribution < -0.4 is 9.84 Å². The Balaban J connectivity index is 2.52. The molecule has 0 aliphatic carbocycles. The van der Waals surface area contributed by atoms with Crippen LogP contribution >= 0.6 is 0 Å². The number of rotatable bonds is 6. The van der Waals surface area contributed by atoms with Gasteiger partial charge in [-0.2, -0.15) is 4.41 Å². The highest BCUT2D eigenvalue weighted by Crippen LogP contribution is 2.21. The molecule has 154 valence electrons. The van der Waals surface area contributed by atoms with Gasteiger partial charge in [-0.15, -0.1) is 0 Å². The number of benzene rings is 2. The number of anilines is 1. The van der Waals surface area contributed by atoms with Crippen LogP contribution in [-0.2, 0) is 14.8 Å². The van der Waals surface area contributed by atoms with E-state index in [0.29, 0.717) is 16.9 Å². The Morgan fingerprint density at radius 3 is 1.97 bits per heavy atom. The van der Waals surface area contributed by atoms with Crippen molar-refractivity contribution in [2.24, 2.45) is 10.4 Å². The Bertz CT molecular complexity index is 1020. The molecule has 0 heterocycles. The number of carbonyl (C=O) groups excluding carboxylic acids is 2. The van der Waals surface area contributed by atoms with Crippen LogP contribution in [0.15, 0.2) is 59.6 Å². The van der Waals surface area contributed by atoms with E-state index in [1.165, 1.54) is 6.92 Å². The molecule has 29 heavy (non-hydrogen) atoms. The summed E-state index contributed by atoms with van der Waals surface area (Å²) in [6.07, 6.45) is 1.04. The second-order valence-electron chi connectivity index (χ2n) is 7.62. The third kappa shape index (κ3) is 5.99. The molecule has 0 fully saturated rings. The summed E-state index contributed by atoms with van der Waals surface area (Å²) < 4.78 is 25.7. The van der Waals surface area contributed by atoms with Crippen molar-refractivity contribution >= 4 is 38.8 Å². The Hall–Kier alpha value is -3.00. The predicted molar refractivity (Wildman–Crippen MR) is 115 cm³/mol. The van der Waals surface area contributed by atoms with Gasteiger partial charge in [0.25, 0.3) is 0 Å². The lowest BCUT2D eigenvalue weighted by Crippen LogP contribution is -2.50. The van der Waals surface area contributed by atoms with Gasteiger partial charge in [-0.25, -0.2) is 13.4 Å². The maximum Gasteiger partial charge on any atom is 0.249 e. The van der Waals surface area contributed by atoms with Gasteiger partial charge in [-0.3, -0.25) is 15.0 Å². The molecule has 1 N–H and O–H groups in total.